The summed E-state index contributed by atoms with van der Waals surface area (Å²) in [5, 5.41) is 3.47. The van der Waals surface area contributed by atoms with Crippen molar-refractivity contribution in [2.45, 2.75) is 31.5 Å². The smallest absolute Gasteiger partial charge is 0.254 e. The van der Waals surface area contributed by atoms with Crippen LogP contribution in [0.5, 0.6) is 0 Å². The number of aromatic nitrogens is 3. The number of fused-ring (bicyclic) bond motifs is 1. The van der Waals surface area contributed by atoms with E-state index in [1.165, 1.54) is 17.8 Å². The Hall–Kier alpha value is -2.15. The van der Waals surface area contributed by atoms with Crippen molar-refractivity contribution in [2.75, 3.05) is 11.1 Å². The first-order chi connectivity index (χ1) is 10.5. The number of aryl methyl sites for hydroxylation is 2. The van der Waals surface area contributed by atoms with Crippen LogP contribution < -0.4 is 10.9 Å². The monoisotopic (exact) mass is 316 g/mol. The Kier molecular flexibility index (Phi) is 3.98. The summed E-state index contributed by atoms with van der Waals surface area (Å²) in [7, 11) is 0. The third-order valence-electron chi connectivity index (χ3n) is 3.42. The van der Waals surface area contributed by atoms with Gasteiger partial charge in [-0.3, -0.25) is 14.2 Å². The summed E-state index contributed by atoms with van der Waals surface area (Å²) < 4.78 is 1.61. The topological polar surface area (TPSA) is 76.9 Å². The molecule has 1 N–H and O–H groups in total. The van der Waals surface area contributed by atoms with Crippen LogP contribution in [0.4, 0.5) is 5.82 Å². The molecule has 3 heterocycles. The zero-order valence-electron chi connectivity index (χ0n) is 12.4. The van der Waals surface area contributed by atoms with Crippen molar-refractivity contribution in [3.8, 4) is 0 Å². The van der Waals surface area contributed by atoms with Crippen LogP contribution in [-0.2, 0) is 4.79 Å². The number of carbonyl (C=O) groups excluding carboxylic acids is 1. The van der Waals surface area contributed by atoms with Crippen LogP contribution in [0.1, 0.15) is 23.7 Å². The van der Waals surface area contributed by atoms with Gasteiger partial charge in [-0.1, -0.05) is 11.8 Å². The zero-order valence-corrected chi connectivity index (χ0v) is 13.2. The van der Waals surface area contributed by atoms with Gasteiger partial charge in [0.25, 0.3) is 5.56 Å². The van der Waals surface area contributed by atoms with Crippen LogP contribution in [0.25, 0.3) is 0 Å². The Morgan fingerprint density at radius 2 is 2.27 bits per heavy atom. The van der Waals surface area contributed by atoms with Gasteiger partial charge in [0, 0.05) is 30.1 Å². The van der Waals surface area contributed by atoms with E-state index in [0.29, 0.717) is 22.4 Å². The second kappa shape index (κ2) is 5.92. The van der Waals surface area contributed by atoms with Crippen LogP contribution in [0, 0.1) is 13.8 Å². The van der Waals surface area contributed by atoms with Crippen LogP contribution in [0.2, 0.25) is 0 Å². The van der Waals surface area contributed by atoms with Gasteiger partial charge in [0.1, 0.15) is 5.82 Å². The highest BCUT2D eigenvalue weighted by atomic mass is 32.2. The normalized spacial score (nSPS) is 16.4. The second-order valence-electron chi connectivity index (χ2n) is 5.32. The van der Waals surface area contributed by atoms with Gasteiger partial charge >= 0.3 is 0 Å². The molecule has 0 aliphatic carbocycles. The number of nitrogens with one attached hydrogen (secondary N) is 1. The number of hydrogen-bond acceptors (Lipinski definition) is 5. The highest BCUT2D eigenvalue weighted by Gasteiger charge is 2.27. The molecule has 0 aromatic carbocycles. The quantitative estimate of drug-likeness (QED) is 0.876. The molecule has 1 unspecified atom stereocenters. The van der Waals surface area contributed by atoms with E-state index in [0.717, 1.165) is 5.56 Å². The third-order valence-corrected chi connectivity index (χ3v) is 4.52. The molecule has 3 rings (SSSR count). The van der Waals surface area contributed by atoms with E-state index in [1.54, 1.807) is 17.7 Å². The first-order valence-electron chi connectivity index (χ1n) is 6.98. The van der Waals surface area contributed by atoms with Gasteiger partial charge in [-0.25, -0.2) is 9.97 Å². The fraction of sp³-hybridized carbons (Fsp3) is 0.333. The molecule has 0 saturated carbocycles. The van der Waals surface area contributed by atoms with Crippen molar-refractivity contribution in [3.05, 3.63) is 46.0 Å². The van der Waals surface area contributed by atoms with E-state index in [-0.39, 0.29) is 23.9 Å². The lowest BCUT2D eigenvalue weighted by atomic mass is 10.2. The van der Waals surface area contributed by atoms with Crippen LogP contribution in [-0.4, -0.2) is 26.2 Å². The number of anilines is 1. The maximum absolute atomic E-state index is 12.2. The summed E-state index contributed by atoms with van der Waals surface area (Å²) in [6, 6.07) is 5.02. The molecular formula is C15H16N4O2S. The predicted molar refractivity (Wildman–Crippen MR) is 85.2 cm³/mol. The largest absolute Gasteiger partial charge is 0.311 e. The van der Waals surface area contributed by atoms with Crippen molar-refractivity contribution in [2.24, 2.45) is 0 Å². The summed E-state index contributed by atoms with van der Waals surface area (Å²) in [5.41, 5.74) is 1.64. The molecule has 114 valence electrons. The highest BCUT2D eigenvalue weighted by molar-refractivity contribution is 7.99. The van der Waals surface area contributed by atoms with Gasteiger partial charge in [-0.2, -0.15) is 0 Å². The molecule has 0 radical (unpaired) electrons. The van der Waals surface area contributed by atoms with Crippen molar-refractivity contribution in [1.82, 2.24) is 14.5 Å². The average molecular weight is 316 g/mol. The first kappa shape index (κ1) is 14.8. The van der Waals surface area contributed by atoms with Crippen molar-refractivity contribution in [1.29, 1.82) is 0 Å². The minimum atomic E-state index is -0.162. The van der Waals surface area contributed by atoms with Gasteiger partial charge in [0.2, 0.25) is 5.91 Å². The molecule has 1 aliphatic rings. The Labute approximate surface area is 132 Å². The van der Waals surface area contributed by atoms with Gasteiger partial charge in [-0.05, 0) is 31.5 Å². The van der Waals surface area contributed by atoms with Crippen molar-refractivity contribution < 1.29 is 4.79 Å². The number of amides is 1. The van der Waals surface area contributed by atoms with E-state index >= 15 is 0 Å². The molecule has 1 aliphatic heterocycles. The van der Waals surface area contributed by atoms with Gasteiger partial charge in [-0.15, -0.1) is 0 Å². The number of nitrogens with zero attached hydrogens (tertiary/aromatic N) is 3. The lowest BCUT2D eigenvalue weighted by Crippen LogP contribution is -2.27. The minimum Gasteiger partial charge on any atom is -0.311 e. The number of carbonyl (C=O) groups is 1. The van der Waals surface area contributed by atoms with E-state index < -0.39 is 0 Å². The molecule has 1 amide bonds. The molecule has 22 heavy (non-hydrogen) atoms. The lowest BCUT2D eigenvalue weighted by Gasteiger charge is -2.13. The van der Waals surface area contributed by atoms with E-state index in [1.807, 2.05) is 19.1 Å². The summed E-state index contributed by atoms with van der Waals surface area (Å²) in [4.78, 5) is 32.7. The van der Waals surface area contributed by atoms with Crippen LogP contribution in [0.15, 0.2) is 34.3 Å². The van der Waals surface area contributed by atoms with Gasteiger partial charge in [0.05, 0.1) is 6.04 Å². The standard InChI is InChI=1S/C15H16N4O2S/c1-9-3-4-16-12(5-9)18-13(20)7-11-8-22-15-17-10(2)6-14(21)19(11)15/h3-6,11H,7-8H2,1-2H3,(H,16,18,20). The lowest BCUT2D eigenvalue weighted by molar-refractivity contribution is -0.116. The number of hydrogen-bond donors (Lipinski definition) is 1. The fourth-order valence-electron chi connectivity index (χ4n) is 2.43. The minimum absolute atomic E-state index is 0.0982. The molecule has 2 aromatic rings. The summed E-state index contributed by atoms with van der Waals surface area (Å²) in [6.07, 6.45) is 1.89. The van der Waals surface area contributed by atoms with Crippen LogP contribution in [0.3, 0.4) is 0 Å². The highest BCUT2D eigenvalue weighted by Crippen LogP contribution is 2.32. The Bertz CT molecular complexity index is 787. The number of rotatable bonds is 3. The van der Waals surface area contributed by atoms with E-state index in [9.17, 15) is 9.59 Å². The third kappa shape index (κ3) is 3.04. The molecule has 1 atom stereocenters. The maximum Gasteiger partial charge on any atom is 0.254 e. The number of thioether (sulfide) groups is 1. The molecule has 0 saturated heterocycles. The maximum atomic E-state index is 12.2. The molecule has 2 aromatic heterocycles. The Balaban J connectivity index is 1.73. The van der Waals surface area contributed by atoms with E-state index in [2.05, 4.69) is 15.3 Å². The Morgan fingerprint density at radius 3 is 3.05 bits per heavy atom. The predicted octanol–water partition coefficient (Wildman–Crippen LogP) is 1.93. The SMILES string of the molecule is Cc1ccnc(NC(=O)CC2CSc3nc(C)cc(=O)n32)c1. The average Bonchev–Trinajstić information content (AvgIpc) is 2.81. The van der Waals surface area contributed by atoms with Crippen LogP contribution >= 0.6 is 11.8 Å². The second-order valence-corrected chi connectivity index (χ2v) is 6.31. The first-order valence-corrected chi connectivity index (χ1v) is 7.97. The molecule has 0 fully saturated rings. The number of pyridine rings is 1. The van der Waals surface area contributed by atoms with Crippen molar-refractivity contribution in [3.63, 3.8) is 0 Å². The van der Waals surface area contributed by atoms with E-state index in [4.69, 9.17) is 0 Å². The van der Waals surface area contributed by atoms with Gasteiger partial charge in [0.15, 0.2) is 5.16 Å². The molecule has 7 heteroatoms. The zero-order chi connectivity index (χ0) is 15.7. The summed E-state index contributed by atoms with van der Waals surface area (Å²) in [6.45, 7) is 3.74. The van der Waals surface area contributed by atoms with Crippen molar-refractivity contribution >= 4 is 23.5 Å². The molecule has 0 bridgehead atoms. The fourth-order valence-corrected chi connectivity index (χ4v) is 3.62. The summed E-state index contributed by atoms with van der Waals surface area (Å²) in [5.74, 6) is 1.06. The molecule has 6 nitrogen and oxygen atoms in total. The molecular weight excluding hydrogens is 300 g/mol. The van der Waals surface area contributed by atoms with Gasteiger partial charge < -0.3 is 5.32 Å². The molecule has 0 spiro atoms. The summed E-state index contributed by atoms with van der Waals surface area (Å²) >= 11 is 1.51. The Morgan fingerprint density at radius 1 is 1.45 bits per heavy atom.